The first-order valence-electron chi connectivity index (χ1n) is 11.4. The monoisotopic (exact) mass is 486 g/mol. The number of rotatable bonds is 13. The summed E-state index contributed by atoms with van der Waals surface area (Å²) in [5.41, 5.74) is 1.67. The molecule has 0 fully saturated rings. The van der Waals surface area contributed by atoms with Crippen molar-refractivity contribution in [1.82, 2.24) is 0 Å². The van der Waals surface area contributed by atoms with E-state index in [0.717, 1.165) is 2.15 Å². The molecule has 0 spiro atoms. The molecule has 1 aromatic rings. The van der Waals surface area contributed by atoms with E-state index in [-0.39, 0.29) is 0 Å². The van der Waals surface area contributed by atoms with Gasteiger partial charge in [-0.1, -0.05) is 0 Å². The van der Waals surface area contributed by atoms with Gasteiger partial charge in [-0.05, 0) is 0 Å². The predicted octanol–water partition coefficient (Wildman–Crippen LogP) is 8.02. The van der Waals surface area contributed by atoms with E-state index in [9.17, 15) is 0 Å². The summed E-state index contributed by atoms with van der Waals surface area (Å²) in [6.07, 6.45) is 7.24. The maximum absolute atomic E-state index is 2.77. The van der Waals surface area contributed by atoms with E-state index in [1.54, 1.807) is 25.5 Å². The van der Waals surface area contributed by atoms with Crippen molar-refractivity contribution in [3.05, 3.63) is 35.9 Å². The first-order chi connectivity index (χ1) is 12.4. The first-order valence-corrected chi connectivity index (χ1v) is 24.2. The van der Waals surface area contributed by atoms with Crippen molar-refractivity contribution in [2.75, 3.05) is 0 Å². The van der Waals surface area contributed by atoms with Crippen LogP contribution < -0.4 is 0 Å². The average molecular weight is 488 g/mol. The van der Waals surface area contributed by atoms with Gasteiger partial charge in [-0.15, -0.1) is 0 Å². The van der Waals surface area contributed by atoms with Crippen molar-refractivity contribution in [2.45, 2.75) is 101 Å². The molecule has 1 aromatic carbocycles. The average Bonchev–Trinajstić information content (AvgIpc) is 2.59. The molecule has 0 aromatic heterocycles. The second kappa shape index (κ2) is 12.3. The van der Waals surface area contributed by atoms with Crippen LogP contribution in [-0.4, -0.2) is 40.5 Å². The van der Waals surface area contributed by atoms with Gasteiger partial charge < -0.3 is 0 Å². The number of hydrogen-bond donors (Lipinski definition) is 0. The summed E-state index contributed by atoms with van der Waals surface area (Å²) < 4.78 is 0.895. The van der Waals surface area contributed by atoms with Gasteiger partial charge in [0.05, 0.1) is 0 Å². The molecular weight excluding hydrogens is 444 g/mol. The fourth-order valence-electron chi connectivity index (χ4n) is 5.76. The molecule has 0 aliphatic rings. The molecule has 0 bridgehead atoms. The van der Waals surface area contributed by atoms with Gasteiger partial charge in [0, 0.05) is 0 Å². The van der Waals surface area contributed by atoms with Crippen LogP contribution in [0.1, 0.15) is 58.9 Å². The van der Waals surface area contributed by atoms with Gasteiger partial charge in [0.1, 0.15) is 0 Å². The molecule has 0 amide bonds. The third-order valence-electron chi connectivity index (χ3n) is 6.74. The van der Waals surface area contributed by atoms with E-state index in [2.05, 4.69) is 77.7 Å². The molecule has 0 aliphatic heterocycles. The fraction of sp³-hybridized carbons (Fsp3) is 0.739. The Hall–Kier alpha value is 0.710. The van der Waals surface area contributed by atoms with Crippen LogP contribution >= 0.6 is 0 Å². The first kappa shape index (κ1) is 24.7. The second-order valence-electron chi connectivity index (χ2n) is 9.50. The zero-order chi connectivity index (χ0) is 19.6. The molecule has 0 saturated carbocycles. The van der Waals surface area contributed by atoms with E-state index in [1.165, 1.54) is 32.1 Å². The topological polar surface area (TPSA) is 0 Å². The van der Waals surface area contributed by atoms with E-state index in [4.69, 9.17) is 0 Å². The summed E-state index contributed by atoms with van der Waals surface area (Å²) in [5.74, 6) is 0. The third-order valence-corrected chi connectivity index (χ3v) is 52.8. The summed E-state index contributed by atoms with van der Waals surface area (Å²) >= 11 is -2.72. The van der Waals surface area contributed by atoms with Crippen LogP contribution in [0.25, 0.3) is 0 Å². The van der Waals surface area contributed by atoms with Crippen molar-refractivity contribution in [1.29, 1.82) is 0 Å². The summed E-state index contributed by atoms with van der Waals surface area (Å²) in [4.78, 5) is 6.58. The van der Waals surface area contributed by atoms with Crippen molar-refractivity contribution in [2.24, 2.45) is 0 Å². The molecule has 0 saturated heterocycles. The quantitative estimate of drug-likeness (QED) is 0.247. The molecule has 26 heavy (non-hydrogen) atoms. The Morgan fingerprint density at radius 2 is 1.08 bits per heavy atom. The molecule has 0 radical (unpaired) electrons. The van der Waals surface area contributed by atoms with Crippen LogP contribution in [0.4, 0.5) is 0 Å². The molecule has 0 aliphatic carbocycles. The summed E-state index contributed by atoms with van der Waals surface area (Å²) in [6, 6.07) is 11.7. The van der Waals surface area contributed by atoms with Crippen LogP contribution in [0.15, 0.2) is 30.3 Å². The van der Waals surface area contributed by atoms with Gasteiger partial charge in [0.2, 0.25) is 0 Å². The van der Waals surface area contributed by atoms with Crippen molar-refractivity contribution in [3.8, 4) is 0 Å². The number of benzene rings is 1. The molecule has 0 N–H and O–H groups in total. The van der Waals surface area contributed by atoms with Gasteiger partial charge in [-0.25, -0.2) is 0 Å². The second-order valence-corrected chi connectivity index (χ2v) is 35.3. The van der Waals surface area contributed by atoms with Gasteiger partial charge in [-0.3, -0.25) is 0 Å². The minimum absolute atomic E-state index is 0.895. The Balaban J connectivity index is 3.53. The van der Waals surface area contributed by atoms with Crippen LogP contribution in [0.5, 0.6) is 0 Å². The predicted molar refractivity (Wildman–Crippen MR) is 128 cm³/mol. The van der Waals surface area contributed by atoms with Gasteiger partial charge in [-0.2, -0.15) is 0 Å². The van der Waals surface area contributed by atoms with E-state index >= 15 is 0 Å². The Kier molecular flexibility index (Phi) is 11.7. The molecule has 146 valence electrons. The van der Waals surface area contributed by atoms with Crippen LogP contribution in [0, 0.1) is 0 Å². The van der Waals surface area contributed by atoms with Crippen LogP contribution in [-0.2, 0) is 6.42 Å². The Labute approximate surface area is 177 Å². The molecule has 0 heterocycles. The van der Waals surface area contributed by atoms with E-state index in [0.29, 0.717) is 0 Å². The zero-order valence-electron chi connectivity index (χ0n) is 18.9. The van der Waals surface area contributed by atoms with Gasteiger partial charge in [0.25, 0.3) is 0 Å². The normalized spacial score (nSPS) is 12.3. The fourth-order valence-corrected chi connectivity index (χ4v) is 56.9. The Morgan fingerprint density at radius 3 is 1.38 bits per heavy atom. The summed E-state index contributed by atoms with van der Waals surface area (Å²) in [6.45, 7) is 18.2. The van der Waals surface area contributed by atoms with Crippen molar-refractivity contribution >= 4 is 40.5 Å². The summed E-state index contributed by atoms with van der Waals surface area (Å²) in [5, 5.41) is 0. The maximum atomic E-state index is 2.77. The molecule has 0 unspecified atom stereocenters. The SMILES string of the molecule is CC[CH2][Ga]([CH2]CC)[C](Cc1ccccc1)([Ga]([CH2]CC)[CH2]CC)[Si](C)(C)C. The Morgan fingerprint density at radius 1 is 0.692 bits per heavy atom. The van der Waals surface area contributed by atoms with Crippen molar-refractivity contribution in [3.63, 3.8) is 0 Å². The van der Waals surface area contributed by atoms with Gasteiger partial charge >= 0.3 is 178 Å². The minimum atomic E-state index is -1.36. The molecule has 0 atom stereocenters. The van der Waals surface area contributed by atoms with E-state index < -0.39 is 40.5 Å². The molecule has 3 heteroatoms. The van der Waals surface area contributed by atoms with E-state index in [1.807, 2.05) is 0 Å². The zero-order valence-corrected chi connectivity index (χ0v) is 24.8. The molecular formula is C23H44Ga2Si. The number of hydrogen-bond acceptors (Lipinski definition) is 0. The summed E-state index contributed by atoms with van der Waals surface area (Å²) in [7, 11) is -1.23. The molecule has 0 nitrogen and oxygen atoms in total. The van der Waals surface area contributed by atoms with Crippen LogP contribution in [0.3, 0.4) is 0 Å². The molecule has 1 rings (SSSR count). The van der Waals surface area contributed by atoms with Crippen LogP contribution in [0.2, 0.25) is 41.7 Å². The standard InChI is InChI=1S/C11H16Si.4C3H7.2Ga/c1-12(2,3)10-9-11-7-5-4-6-8-11;4*1-3-2;;/h4-8H,9H2,1-3H3;4*1,3H2,2H3;;. The van der Waals surface area contributed by atoms with Gasteiger partial charge in [0.15, 0.2) is 0 Å². The third kappa shape index (κ3) is 6.37. The Bertz CT molecular complexity index is 453. The van der Waals surface area contributed by atoms with Crippen molar-refractivity contribution < 1.29 is 0 Å².